The van der Waals surface area contributed by atoms with Crippen molar-refractivity contribution in [3.05, 3.63) is 18.5 Å². The van der Waals surface area contributed by atoms with Gasteiger partial charge in [-0.2, -0.15) is 0 Å². The van der Waals surface area contributed by atoms with Gasteiger partial charge in [-0.05, 0) is 51.0 Å². The second-order valence-electron chi connectivity index (χ2n) is 7.94. The zero-order valence-electron chi connectivity index (χ0n) is 15.0. The molecule has 1 aliphatic carbocycles. The standard InChI is InChI=1S/C19H28N4O2/c1-19(8-4-11-25-19)13-22-17(24)16-12-14-6-2-3-7-15(14)23(16)18-20-9-5-10-21-18/h5,9-10,14-16H,2-4,6-8,11-13H2,1H3,(H,22,24)/t14-,15-,16+,19-/m1/s1. The van der Waals surface area contributed by atoms with Crippen LogP contribution < -0.4 is 10.2 Å². The molecule has 136 valence electrons. The predicted molar refractivity (Wildman–Crippen MR) is 95.3 cm³/mol. The molecule has 3 heterocycles. The lowest BCUT2D eigenvalue weighted by Crippen LogP contribution is -2.50. The van der Waals surface area contributed by atoms with Gasteiger partial charge in [-0.15, -0.1) is 0 Å². The summed E-state index contributed by atoms with van der Waals surface area (Å²) in [6.45, 7) is 3.47. The van der Waals surface area contributed by atoms with E-state index in [1.807, 2.05) is 6.07 Å². The molecule has 0 radical (unpaired) electrons. The van der Waals surface area contributed by atoms with E-state index in [2.05, 4.69) is 27.1 Å². The molecule has 1 amide bonds. The van der Waals surface area contributed by atoms with Crippen LogP contribution in [-0.4, -0.2) is 46.7 Å². The molecule has 25 heavy (non-hydrogen) atoms. The van der Waals surface area contributed by atoms with Gasteiger partial charge in [0.1, 0.15) is 6.04 Å². The van der Waals surface area contributed by atoms with E-state index in [0.29, 0.717) is 24.5 Å². The Bertz CT molecular complexity index is 603. The topological polar surface area (TPSA) is 67.4 Å². The molecule has 3 fully saturated rings. The van der Waals surface area contributed by atoms with Crippen molar-refractivity contribution in [3.8, 4) is 0 Å². The average Bonchev–Trinajstić information content (AvgIpc) is 3.25. The number of anilines is 1. The second-order valence-corrected chi connectivity index (χ2v) is 7.94. The average molecular weight is 344 g/mol. The number of amides is 1. The molecule has 1 aromatic heterocycles. The Balaban J connectivity index is 1.50. The van der Waals surface area contributed by atoms with E-state index in [9.17, 15) is 4.79 Å². The Hall–Kier alpha value is -1.69. The number of aromatic nitrogens is 2. The van der Waals surface area contributed by atoms with Crippen LogP contribution in [0.1, 0.15) is 51.9 Å². The third-order valence-electron chi connectivity index (χ3n) is 6.11. The Kier molecular flexibility index (Phi) is 4.63. The number of hydrogen-bond acceptors (Lipinski definition) is 5. The molecule has 1 aromatic rings. The lowest BCUT2D eigenvalue weighted by molar-refractivity contribution is -0.123. The number of nitrogens with zero attached hydrogens (tertiary/aromatic N) is 3. The number of fused-ring (bicyclic) bond motifs is 1. The maximum Gasteiger partial charge on any atom is 0.242 e. The molecule has 1 saturated carbocycles. The number of carbonyl (C=O) groups excluding carboxylic acids is 1. The highest BCUT2D eigenvalue weighted by Gasteiger charge is 2.46. The summed E-state index contributed by atoms with van der Waals surface area (Å²) >= 11 is 0. The van der Waals surface area contributed by atoms with Crippen LogP contribution in [0.15, 0.2) is 18.5 Å². The van der Waals surface area contributed by atoms with Crippen LogP contribution in [-0.2, 0) is 9.53 Å². The highest BCUT2D eigenvalue weighted by atomic mass is 16.5. The minimum absolute atomic E-state index is 0.0959. The number of rotatable bonds is 4. The summed E-state index contributed by atoms with van der Waals surface area (Å²) in [7, 11) is 0. The molecule has 2 saturated heterocycles. The Labute approximate surface area is 149 Å². The first-order chi connectivity index (χ1) is 12.2. The zero-order valence-corrected chi connectivity index (χ0v) is 15.0. The quantitative estimate of drug-likeness (QED) is 0.908. The van der Waals surface area contributed by atoms with Crippen LogP contribution in [0.4, 0.5) is 5.95 Å². The Morgan fingerprint density at radius 3 is 2.88 bits per heavy atom. The summed E-state index contributed by atoms with van der Waals surface area (Å²) < 4.78 is 5.81. The van der Waals surface area contributed by atoms with Gasteiger partial charge in [-0.25, -0.2) is 9.97 Å². The van der Waals surface area contributed by atoms with Crippen molar-refractivity contribution in [2.45, 2.75) is 69.6 Å². The van der Waals surface area contributed by atoms with E-state index in [1.165, 1.54) is 19.3 Å². The van der Waals surface area contributed by atoms with Crippen LogP contribution in [0, 0.1) is 5.92 Å². The summed E-state index contributed by atoms with van der Waals surface area (Å²) in [4.78, 5) is 24.1. The minimum Gasteiger partial charge on any atom is -0.373 e. The van der Waals surface area contributed by atoms with Crippen molar-refractivity contribution in [2.24, 2.45) is 5.92 Å². The van der Waals surface area contributed by atoms with Crippen molar-refractivity contribution in [2.75, 3.05) is 18.1 Å². The third-order valence-corrected chi connectivity index (χ3v) is 6.11. The fourth-order valence-electron chi connectivity index (χ4n) is 4.77. The monoisotopic (exact) mass is 344 g/mol. The molecular weight excluding hydrogens is 316 g/mol. The maximum atomic E-state index is 13.0. The first-order valence-corrected chi connectivity index (χ1v) is 9.63. The van der Waals surface area contributed by atoms with Crippen LogP contribution in [0.5, 0.6) is 0 Å². The summed E-state index contributed by atoms with van der Waals surface area (Å²) in [6.07, 6.45) is 11.4. The van der Waals surface area contributed by atoms with Gasteiger partial charge in [0.2, 0.25) is 11.9 Å². The van der Waals surface area contributed by atoms with Gasteiger partial charge >= 0.3 is 0 Å². The van der Waals surface area contributed by atoms with Gasteiger partial charge < -0.3 is 15.0 Å². The molecule has 0 spiro atoms. The summed E-state index contributed by atoms with van der Waals surface area (Å²) in [6, 6.07) is 2.05. The molecule has 3 aliphatic rings. The summed E-state index contributed by atoms with van der Waals surface area (Å²) in [5.41, 5.74) is -0.213. The number of hydrogen-bond donors (Lipinski definition) is 1. The van der Waals surface area contributed by atoms with Gasteiger partial charge in [0.05, 0.1) is 5.60 Å². The summed E-state index contributed by atoms with van der Waals surface area (Å²) in [5, 5.41) is 3.16. The fraction of sp³-hybridized carbons (Fsp3) is 0.737. The lowest BCUT2D eigenvalue weighted by Gasteiger charge is -2.33. The van der Waals surface area contributed by atoms with Crippen LogP contribution in [0.25, 0.3) is 0 Å². The molecule has 1 N–H and O–H groups in total. The fourth-order valence-corrected chi connectivity index (χ4v) is 4.77. The van der Waals surface area contributed by atoms with Crippen molar-refractivity contribution >= 4 is 11.9 Å². The van der Waals surface area contributed by atoms with Gasteiger partial charge in [-0.1, -0.05) is 12.8 Å². The molecule has 4 rings (SSSR count). The van der Waals surface area contributed by atoms with Crippen molar-refractivity contribution in [3.63, 3.8) is 0 Å². The van der Waals surface area contributed by atoms with E-state index < -0.39 is 0 Å². The Morgan fingerprint density at radius 2 is 2.12 bits per heavy atom. The normalized spacial score (nSPS) is 34.8. The van der Waals surface area contributed by atoms with E-state index in [0.717, 1.165) is 32.3 Å². The molecule has 6 heteroatoms. The van der Waals surface area contributed by atoms with E-state index in [4.69, 9.17) is 4.74 Å². The first-order valence-electron chi connectivity index (χ1n) is 9.63. The molecule has 0 bridgehead atoms. The van der Waals surface area contributed by atoms with E-state index in [-0.39, 0.29) is 17.6 Å². The van der Waals surface area contributed by atoms with Gasteiger partial charge in [0.25, 0.3) is 0 Å². The molecule has 4 atom stereocenters. The molecular formula is C19H28N4O2. The van der Waals surface area contributed by atoms with Crippen LogP contribution >= 0.6 is 0 Å². The van der Waals surface area contributed by atoms with Crippen LogP contribution in [0.3, 0.4) is 0 Å². The SMILES string of the molecule is C[C@]1(CNC(=O)[C@@H]2C[C@H]3CCCC[C@H]3N2c2ncccn2)CCCO1. The number of nitrogens with one attached hydrogen (secondary N) is 1. The number of ether oxygens (including phenoxy) is 1. The van der Waals surface area contributed by atoms with Gasteiger partial charge in [0, 0.05) is 31.6 Å². The van der Waals surface area contributed by atoms with Crippen molar-refractivity contribution in [1.29, 1.82) is 0 Å². The van der Waals surface area contributed by atoms with Crippen LogP contribution in [0.2, 0.25) is 0 Å². The maximum absolute atomic E-state index is 13.0. The number of carbonyl (C=O) groups is 1. The van der Waals surface area contributed by atoms with Crippen molar-refractivity contribution < 1.29 is 9.53 Å². The van der Waals surface area contributed by atoms with Gasteiger partial charge in [-0.3, -0.25) is 4.79 Å². The smallest absolute Gasteiger partial charge is 0.242 e. The highest BCUT2D eigenvalue weighted by molar-refractivity contribution is 5.85. The highest BCUT2D eigenvalue weighted by Crippen LogP contribution is 2.41. The minimum atomic E-state index is -0.213. The molecule has 0 unspecified atom stereocenters. The Morgan fingerprint density at radius 1 is 1.32 bits per heavy atom. The largest absolute Gasteiger partial charge is 0.373 e. The lowest BCUT2D eigenvalue weighted by atomic mass is 9.85. The summed E-state index contributed by atoms with van der Waals surface area (Å²) in [5.74, 6) is 1.37. The van der Waals surface area contributed by atoms with E-state index >= 15 is 0 Å². The first kappa shape index (κ1) is 16.8. The molecule has 6 nitrogen and oxygen atoms in total. The second kappa shape index (κ2) is 6.90. The molecule has 2 aliphatic heterocycles. The molecule has 0 aromatic carbocycles. The zero-order chi connectivity index (χ0) is 17.3. The predicted octanol–water partition coefficient (Wildman–Crippen LogP) is 2.30. The van der Waals surface area contributed by atoms with Crippen molar-refractivity contribution in [1.82, 2.24) is 15.3 Å². The third kappa shape index (κ3) is 3.36. The van der Waals surface area contributed by atoms with Gasteiger partial charge in [0.15, 0.2) is 0 Å². The van der Waals surface area contributed by atoms with E-state index in [1.54, 1.807) is 12.4 Å².